The van der Waals surface area contributed by atoms with Crippen LogP contribution in [0.3, 0.4) is 0 Å². The van der Waals surface area contributed by atoms with Gasteiger partial charge in [0.1, 0.15) is 5.78 Å². The highest BCUT2D eigenvalue weighted by molar-refractivity contribution is 5.78. The molecule has 16 heavy (non-hydrogen) atoms. The first-order valence-corrected chi connectivity index (χ1v) is 6.62. The molecule has 0 spiro atoms. The van der Waals surface area contributed by atoms with Gasteiger partial charge < -0.3 is 10.1 Å². The summed E-state index contributed by atoms with van der Waals surface area (Å²) in [6, 6.07) is 0. The summed E-state index contributed by atoms with van der Waals surface area (Å²) in [5.74, 6) is 0.674. The second-order valence-corrected chi connectivity index (χ2v) is 5.17. The van der Waals surface area contributed by atoms with Crippen molar-refractivity contribution in [2.75, 3.05) is 13.1 Å². The van der Waals surface area contributed by atoms with Crippen LogP contribution in [0.25, 0.3) is 0 Å². The smallest absolute Gasteiger partial charge is 0.132 e. The second kappa shape index (κ2) is 5.78. The molecule has 1 aliphatic carbocycles. The van der Waals surface area contributed by atoms with E-state index in [4.69, 9.17) is 4.74 Å². The third-order valence-corrected chi connectivity index (χ3v) is 3.92. The molecule has 2 rings (SSSR count). The largest absolute Gasteiger partial charge is 0.375 e. The summed E-state index contributed by atoms with van der Waals surface area (Å²) in [6.07, 6.45) is 7.39. The quantitative estimate of drug-likeness (QED) is 0.797. The van der Waals surface area contributed by atoms with Gasteiger partial charge in [-0.25, -0.2) is 0 Å². The van der Waals surface area contributed by atoms with Gasteiger partial charge in [-0.05, 0) is 58.5 Å². The lowest BCUT2D eigenvalue weighted by Crippen LogP contribution is -2.36. The number of hydrogen-bond donors (Lipinski definition) is 1. The van der Waals surface area contributed by atoms with Crippen molar-refractivity contribution in [3.8, 4) is 0 Å². The zero-order valence-electron chi connectivity index (χ0n) is 10.2. The van der Waals surface area contributed by atoms with Crippen LogP contribution < -0.4 is 5.32 Å². The molecule has 0 aromatic heterocycles. The van der Waals surface area contributed by atoms with Crippen LogP contribution >= 0.6 is 0 Å². The number of carbonyl (C=O) groups excluding carboxylic acids is 1. The number of nitrogens with one attached hydrogen (secondary N) is 1. The minimum Gasteiger partial charge on any atom is -0.375 e. The summed E-state index contributed by atoms with van der Waals surface area (Å²) in [5, 5.41) is 3.35. The summed E-state index contributed by atoms with van der Waals surface area (Å²) in [7, 11) is 0. The Morgan fingerprint density at radius 3 is 2.12 bits per heavy atom. The van der Waals surface area contributed by atoms with Crippen molar-refractivity contribution in [1.29, 1.82) is 0 Å². The van der Waals surface area contributed by atoms with E-state index in [-0.39, 0.29) is 0 Å². The molecule has 1 heterocycles. The zero-order valence-corrected chi connectivity index (χ0v) is 10.2. The van der Waals surface area contributed by atoms with Crippen LogP contribution in [0.2, 0.25) is 0 Å². The fraction of sp³-hybridized carbons (Fsp3) is 0.923. The van der Waals surface area contributed by atoms with E-state index in [1.165, 1.54) is 0 Å². The van der Waals surface area contributed by atoms with Crippen LogP contribution in [-0.4, -0.2) is 31.1 Å². The van der Waals surface area contributed by atoms with Gasteiger partial charge >= 0.3 is 0 Å². The Hall–Kier alpha value is -0.410. The number of Topliss-reactive ketones (excluding diaryl/α,β-unsaturated/α-hetero) is 1. The average molecular weight is 225 g/mol. The molecule has 3 heteroatoms. The van der Waals surface area contributed by atoms with Crippen molar-refractivity contribution in [3.05, 3.63) is 0 Å². The first-order chi connectivity index (χ1) is 7.75. The van der Waals surface area contributed by atoms with Gasteiger partial charge in [0.2, 0.25) is 0 Å². The van der Waals surface area contributed by atoms with Crippen LogP contribution in [0.4, 0.5) is 0 Å². The van der Waals surface area contributed by atoms with Crippen molar-refractivity contribution in [2.45, 2.75) is 57.7 Å². The first-order valence-electron chi connectivity index (χ1n) is 6.62. The van der Waals surface area contributed by atoms with E-state index >= 15 is 0 Å². The number of ketones is 1. The number of ether oxygens (including phenoxy) is 1. The molecule has 1 saturated heterocycles. The minimum atomic E-state index is 0.313. The molecular formula is C13H23NO2. The lowest BCUT2D eigenvalue weighted by atomic mass is 9.85. The normalized spacial score (nSPS) is 32.6. The highest BCUT2D eigenvalue weighted by Crippen LogP contribution is 2.28. The SMILES string of the molecule is CC(=O)[C@H]1CC[C@H](OC2CCNCC2)CC1. The topological polar surface area (TPSA) is 38.3 Å². The summed E-state index contributed by atoms with van der Waals surface area (Å²) in [4.78, 5) is 11.2. The number of rotatable bonds is 3. The highest BCUT2D eigenvalue weighted by atomic mass is 16.5. The molecule has 0 bridgehead atoms. The number of piperidine rings is 1. The summed E-state index contributed by atoms with van der Waals surface area (Å²) >= 11 is 0. The Morgan fingerprint density at radius 1 is 1.00 bits per heavy atom. The molecule has 2 aliphatic rings. The lowest BCUT2D eigenvalue weighted by molar-refractivity contribution is -0.123. The predicted octanol–water partition coefficient (Wildman–Crippen LogP) is 1.90. The van der Waals surface area contributed by atoms with Crippen LogP contribution in [0.5, 0.6) is 0 Å². The average Bonchev–Trinajstić information content (AvgIpc) is 2.31. The van der Waals surface area contributed by atoms with Gasteiger partial charge in [0.05, 0.1) is 12.2 Å². The molecule has 0 radical (unpaired) electrons. The van der Waals surface area contributed by atoms with E-state index in [1.54, 1.807) is 6.92 Å². The van der Waals surface area contributed by atoms with Crippen molar-refractivity contribution >= 4 is 5.78 Å². The van der Waals surface area contributed by atoms with Gasteiger partial charge in [0, 0.05) is 5.92 Å². The molecule has 0 aromatic carbocycles. The maximum absolute atomic E-state index is 11.2. The summed E-state index contributed by atoms with van der Waals surface area (Å²) in [6.45, 7) is 3.90. The van der Waals surface area contributed by atoms with Crippen molar-refractivity contribution in [2.24, 2.45) is 5.92 Å². The second-order valence-electron chi connectivity index (χ2n) is 5.17. The van der Waals surface area contributed by atoms with Crippen LogP contribution in [0.15, 0.2) is 0 Å². The maximum atomic E-state index is 11.2. The Labute approximate surface area is 97.9 Å². The standard InChI is InChI=1S/C13H23NO2/c1-10(15)11-2-4-12(5-3-11)16-13-6-8-14-9-7-13/h11-14H,2-9H2,1H3/t11-,12-. The highest BCUT2D eigenvalue weighted by Gasteiger charge is 2.26. The lowest BCUT2D eigenvalue weighted by Gasteiger charge is -2.32. The Kier molecular flexibility index (Phi) is 4.36. The Balaban J connectivity index is 1.70. The van der Waals surface area contributed by atoms with Gasteiger partial charge in [0.15, 0.2) is 0 Å². The van der Waals surface area contributed by atoms with Crippen LogP contribution in [-0.2, 0) is 9.53 Å². The van der Waals surface area contributed by atoms with E-state index < -0.39 is 0 Å². The van der Waals surface area contributed by atoms with Crippen molar-refractivity contribution in [1.82, 2.24) is 5.32 Å². The van der Waals surface area contributed by atoms with Gasteiger partial charge in [-0.2, -0.15) is 0 Å². The number of carbonyl (C=O) groups is 1. The van der Waals surface area contributed by atoms with E-state index in [2.05, 4.69) is 5.32 Å². The fourth-order valence-electron chi connectivity index (χ4n) is 2.81. The van der Waals surface area contributed by atoms with E-state index in [9.17, 15) is 4.79 Å². The van der Waals surface area contributed by atoms with E-state index in [1.807, 2.05) is 0 Å². The van der Waals surface area contributed by atoms with Gasteiger partial charge in [-0.3, -0.25) is 4.79 Å². The molecule has 1 saturated carbocycles. The van der Waals surface area contributed by atoms with Gasteiger partial charge in [-0.15, -0.1) is 0 Å². The predicted molar refractivity (Wildman–Crippen MR) is 63.4 cm³/mol. The summed E-state index contributed by atoms with van der Waals surface area (Å²) in [5.41, 5.74) is 0. The fourth-order valence-corrected chi connectivity index (χ4v) is 2.81. The third kappa shape index (κ3) is 3.29. The molecule has 1 aliphatic heterocycles. The molecule has 92 valence electrons. The maximum Gasteiger partial charge on any atom is 0.132 e. The Bertz CT molecular complexity index is 228. The van der Waals surface area contributed by atoms with Crippen molar-refractivity contribution in [3.63, 3.8) is 0 Å². The molecule has 0 amide bonds. The molecule has 0 unspecified atom stereocenters. The molecule has 1 N–H and O–H groups in total. The molecule has 0 aromatic rings. The first kappa shape index (κ1) is 12.1. The molecule has 0 atom stereocenters. The Morgan fingerprint density at radius 2 is 1.56 bits per heavy atom. The monoisotopic (exact) mass is 225 g/mol. The molecule has 2 fully saturated rings. The van der Waals surface area contributed by atoms with Crippen LogP contribution in [0.1, 0.15) is 45.4 Å². The third-order valence-electron chi connectivity index (χ3n) is 3.92. The van der Waals surface area contributed by atoms with Crippen molar-refractivity contribution < 1.29 is 9.53 Å². The number of hydrogen-bond acceptors (Lipinski definition) is 3. The summed E-state index contributed by atoms with van der Waals surface area (Å²) < 4.78 is 6.11. The molecular weight excluding hydrogens is 202 g/mol. The van der Waals surface area contributed by atoms with Crippen LogP contribution in [0, 0.1) is 5.92 Å². The zero-order chi connectivity index (χ0) is 11.4. The molecule has 3 nitrogen and oxygen atoms in total. The van der Waals surface area contributed by atoms with Gasteiger partial charge in [-0.1, -0.05) is 0 Å². The minimum absolute atomic E-state index is 0.313. The van der Waals surface area contributed by atoms with E-state index in [0.717, 1.165) is 51.6 Å². The van der Waals surface area contributed by atoms with E-state index in [0.29, 0.717) is 23.9 Å². The van der Waals surface area contributed by atoms with Gasteiger partial charge in [0.25, 0.3) is 0 Å².